The standard InChI is InChI=1S/C22H24N2O4S/c1-16-5-7-17(8-6-16)21-14-20(28-23-21)15-29(25,26)24-13-3-4-22(24)18-9-11-19(27-2)12-10-18/h5-12,14,22H,3-4,13,15H2,1-2H3. The highest BCUT2D eigenvalue weighted by atomic mass is 32.2. The predicted molar refractivity (Wildman–Crippen MR) is 111 cm³/mol. The third-order valence-electron chi connectivity index (χ3n) is 5.29. The van der Waals surface area contributed by atoms with Gasteiger partial charge in [-0.25, -0.2) is 8.42 Å². The fourth-order valence-corrected chi connectivity index (χ4v) is 5.42. The summed E-state index contributed by atoms with van der Waals surface area (Å²) in [6, 6.07) is 17.0. The van der Waals surface area contributed by atoms with E-state index < -0.39 is 10.0 Å². The van der Waals surface area contributed by atoms with Crippen molar-refractivity contribution in [2.75, 3.05) is 13.7 Å². The smallest absolute Gasteiger partial charge is 0.222 e. The van der Waals surface area contributed by atoms with Crippen LogP contribution in [0.3, 0.4) is 0 Å². The molecule has 2 heterocycles. The van der Waals surface area contributed by atoms with Gasteiger partial charge in [-0.15, -0.1) is 0 Å². The van der Waals surface area contributed by atoms with Crippen molar-refractivity contribution in [2.45, 2.75) is 31.6 Å². The highest BCUT2D eigenvalue weighted by Crippen LogP contribution is 2.36. The van der Waals surface area contributed by atoms with Crippen LogP contribution in [0.1, 0.15) is 35.8 Å². The molecule has 1 fully saturated rings. The normalized spacial score (nSPS) is 17.5. The number of hydrogen-bond acceptors (Lipinski definition) is 5. The zero-order valence-corrected chi connectivity index (χ0v) is 17.4. The summed E-state index contributed by atoms with van der Waals surface area (Å²) in [7, 11) is -1.92. The van der Waals surface area contributed by atoms with Crippen LogP contribution in [0.4, 0.5) is 0 Å². The van der Waals surface area contributed by atoms with Gasteiger partial charge in [0.05, 0.1) is 7.11 Å². The number of aryl methyl sites for hydroxylation is 1. The van der Waals surface area contributed by atoms with Gasteiger partial charge >= 0.3 is 0 Å². The van der Waals surface area contributed by atoms with Crippen LogP contribution in [0.5, 0.6) is 5.75 Å². The van der Waals surface area contributed by atoms with E-state index in [0.29, 0.717) is 18.0 Å². The molecule has 1 aliphatic rings. The second-order valence-electron chi connectivity index (χ2n) is 7.34. The largest absolute Gasteiger partial charge is 0.497 e. The van der Waals surface area contributed by atoms with Crippen LogP contribution < -0.4 is 4.74 Å². The lowest BCUT2D eigenvalue weighted by atomic mass is 10.1. The number of sulfonamides is 1. The maximum atomic E-state index is 13.1. The molecule has 0 bridgehead atoms. The number of nitrogens with zero attached hydrogens (tertiary/aromatic N) is 2. The van der Waals surface area contributed by atoms with E-state index >= 15 is 0 Å². The van der Waals surface area contributed by atoms with Crippen molar-refractivity contribution >= 4 is 10.0 Å². The summed E-state index contributed by atoms with van der Waals surface area (Å²) in [6.45, 7) is 2.53. The molecule has 0 spiro atoms. The number of ether oxygens (including phenoxy) is 1. The number of benzene rings is 2. The van der Waals surface area contributed by atoms with Crippen LogP contribution >= 0.6 is 0 Å². The summed E-state index contributed by atoms with van der Waals surface area (Å²) in [6.07, 6.45) is 1.64. The molecule has 3 aromatic rings. The fraction of sp³-hybridized carbons (Fsp3) is 0.318. The Morgan fingerprint density at radius 1 is 1.14 bits per heavy atom. The third-order valence-corrected chi connectivity index (χ3v) is 7.09. The van der Waals surface area contributed by atoms with Crippen LogP contribution in [0, 0.1) is 6.92 Å². The van der Waals surface area contributed by atoms with Crippen molar-refractivity contribution in [3.63, 3.8) is 0 Å². The first-order chi connectivity index (χ1) is 14.0. The lowest BCUT2D eigenvalue weighted by molar-refractivity contribution is 0.375. The van der Waals surface area contributed by atoms with E-state index in [4.69, 9.17) is 9.26 Å². The van der Waals surface area contributed by atoms with Crippen molar-refractivity contribution in [1.82, 2.24) is 9.46 Å². The van der Waals surface area contributed by atoms with Gasteiger partial charge in [-0.3, -0.25) is 0 Å². The Morgan fingerprint density at radius 2 is 1.86 bits per heavy atom. The Bertz CT molecular complexity index is 1070. The summed E-state index contributed by atoms with van der Waals surface area (Å²) in [5, 5.41) is 4.05. The topological polar surface area (TPSA) is 72.6 Å². The Morgan fingerprint density at radius 3 is 2.55 bits per heavy atom. The van der Waals surface area contributed by atoms with Crippen LogP contribution in [0.25, 0.3) is 11.3 Å². The second-order valence-corrected chi connectivity index (χ2v) is 9.26. The van der Waals surface area contributed by atoms with Crippen LogP contribution in [0.15, 0.2) is 59.1 Å². The molecule has 1 atom stereocenters. The van der Waals surface area contributed by atoms with Gasteiger partial charge in [0.25, 0.3) is 0 Å². The van der Waals surface area contributed by atoms with Gasteiger partial charge in [0.1, 0.15) is 17.2 Å². The first-order valence-corrected chi connectivity index (χ1v) is 11.2. The lowest BCUT2D eigenvalue weighted by Crippen LogP contribution is -2.31. The molecule has 0 aliphatic carbocycles. The van der Waals surface area contributed by atoms with Crippen molar-refractivity contribution in [3.05, 3.63) is 71.5 Å². The van der Waals surface area contributed by atoms with Gasteiger partial charge in [-0.2, -0.15) is 4.31 Å². The van der Waals surface area contributed by atoms with Crippen molar-refractivity contribution in [1.29, 1.82) is 0 Å². The van der Waals surface area contributed by atoms with Crippen LogP contribution in [-0.4, -0.2) is 31.5 Å². The van der Waals surface area contributed by atoms with Crippen LogP contribution in [-0.2, 0) is 15.8 Å². The molecule has 4 rings (SSSR count). The van der Waals surface area contributed by atoms with Crippen molar-refractivity contribution in [3.8, 4) is 17.0 Å². The van der Waals surface area contributed by atoms with E-state index in [1.807, 2.05) is 55.5 Å². The average Bonchev–Trinajstić information content (AvgIpc) is 3.38. The minimum absolute atomic E-state index is 0.162. The molecule has 2 aromatic carbocycles. The minimum atomic E-state index is -3.53. The molecule has 0 N–H and O–H groups in total. The predicted octanol–water partition coefficient (Wildman–Crippen LogP) is 4.33. The maximum absolute atomic E-state index is 13.1. The number of methoxy groups -OCH3 is 1. The summed E-state index contributed by atoms with van der Waals surface area (Å²) < 4.78 is 38.4. The molecule has 0 amide bonds. The van der Waals surface area contributed by atoms with E-state index in [2.05, 4.69) is 5.16 Å². The number of aromatic nitrogens is 1. The molecule has 6 nitrogen and oxygen atoms in total. The van der Waals surface area contributed by atoms with E-state index in [1.165, 1.54) is 0 Å². The van der Waals surface area contributed by atoms with Crippen molar-refractivity contribution in [2.24, 2.45) is 0 Å². The van der Waals surface area contributed by atoms with Gasteiger partial charge < -0.3 is 9.26 Å². The van der Waals surface area contributed by atoms with Gasteiger partial charge in [0.15, 0.2) is 5.76 Å². The first-order valence-electron chi connectivity index (χ1n) is 9.62. The van der Waals surface area contributed by atoms with Gasteiger partial charge in [-0.1, -0.05) is 47.1 Å². The molecule has 0 radical (unpaired) electrons. The molecule has 1 unspecified atom stereocenters. The molecule has 0 saturated carbocycles. The van der Waals surface area contributed by atoms with Crippen LogP contribution in [0.2, 0.25) is 0 Å². The number of hydrogen-bond donors (Lipinski definition) is 0. The van der Waals surface area contributed by atoms with E-state index in [9.17, 15) is 8.42 Å². The molecule has 152 valence electrons. The summed E-state index contributed by atoms with van der Waals surface area (Å²) in [5.41, 5.74) is 3.67. The Labute approximate surface area is 171 Å². The van der Waals surface area contributed by atoms with Crippen molar-refractivity contribution < 1.29 is 17.7 Å². The average molecular weight is 413 g/mol. The first kappa shape index (κ1) is 19.7. The molecule has 7 heteroatoms. The molecular formula is C22H24N2O4S. The fourth-order valence-electron chi connectivity index (χ4n) is 3.74. The Kier molecular flexibility index (Phi) is 5.43. The van der Waals surface area contributed by atoms with E-state index in [1.54, 1.807) is 17.5 Å². The minimum Gasteiger partial charge on any atom is -0.497 e. The van der Waals surface area contributed by atoms with Gasteiger partial charge in [0.2, 0.25) is 10.0 Å². The SMILES string of the molecule is COc1ccc(C2CCCN2S(=O)(=O)Cc2cc(-c3ccc(C)cc3)no2)cc1. The summed E-state index contributed by atoms with van der Waals surface area (Å²) >= 11 is 0. The zero-order chi connectivity index (χ0) is 20.4. The maximum Gasteiger partial charge on any atom is 0.222 e. The Hall–Kier alpha value is -2.64. The van der Waals surface area contributed by atoms with Gasteiger partial charge in [0, 0.05) is 24.2 Å². The second kappa shape index (κ2) is 8.00. The lowest BCUT2D eigenvalue weighted by Gasteiger charge is -2.24. The Balaban J connectivity index is 1.52. The molecule has 29 heavy (non-hydrogen) atoms. The molecule has 1 aromatic heterocycles. The highest BCUT2D eigenvalue weighted by molar-refractivity contribution is 7.88. The van der Waals surface area contributed by atoms with Gasteiger partial charge in [-0.05, 0) is 37.5 Å². The molecule has 1 saturated heterocycles. The monoisotopic (exact) mass is 412 g/mol. The van der Waals surface area contributed by atoms with E-state index in [0.717, 1.165) is 35.3 Å². The van der Waals surface area contributed by atoms with E-state index in [-0.39, 0.29) is 11.8 Å². The summed E-state index contributed by atoms with van der Waals surface area (Å²) in [5.74, 6) is 0.908. The highest BCUT2D eigenvalue weighted by Gasteiger charge is 2.36. The summed E-state index contributed by atoms with van der Waals surface area (Å²) in [4.78, 5) is 0. The quantitative estimate of drug-likeness (QED) is 0.603. The third kappa shape index (κ3) is 4.21. The molecule has 1 aliphatic heterocycles. The number of rotatable bonds is 6. The zero-order valence-electron chi connectivity index (χ0n) is 16.5. The molecular weight excluding hydrogens is 388 g/mol.